The van der Waals surface area contributed by atoms with Crippen LogP contribution < -0.4 is 10.8 Å². The molecule has 0 amide bonds. The molecule has 6 heteroatoms. The maximum absolute atomic E-state index is 3.41. The van der Waals surface area contributed by atoms with Crippen molar-refractivity contribution in [3.05, 3.63) is 0 Å². The zero-order valence-corrected chi connectivity index (χ0v) is 7.44. The number of rotatable bonds is 0. The fourth-order valence-electron chi connectivity index (χ4n) is 0.152. The SMILES string of the molecule is Pc1nn[n-]n1.[Y]. The normalized spacial score (nSPS) is 7.57. The standard InChI is InChI=1S/CH2N4P.Y/c6-1-2-4-5-3-1;/h6H2;/q-1;. The van der Waals surface area contributed by atoms with Crippen LogP contribution in [-0.4, -0.2) is 15.4 Å². The first-order valence-corrected chi connectivity index (χ1v) is 1.91. The molecule has 4 nitrogen and oxygen atoms in total. The summed E-state index contributed by atoms with van der Waals surface area (Å²) in [5, 5.41) is 13.2. The Morgan fingerprint density at radius 3 is 2.43 bits per heavy atom. The zero-order chi connectivity index (χ0) is 4.41. The van der Waals surface area contributed by atoms with E-state index in [9.17, 15) is 0 Å². The van der Waals surface area contributed by atoms with Crippen LogP contribution in [0.4, 0.5) is 0 Å². The van der Waals surface area contributed by atoms with Crippen LogP contribution in [0.1, 0.15) is 0 Å². The number of hydrogen-bond donors (Lipinski definition) is 0. The van der Waals surface area contributed by atoms with Gasteiger partial charge in [0.2, 0.25) is 0 Å². The van der Waals surface area contributed by atoms with Crippen molar-refractivity contribution in [1.29, 1.82) is 0 Å². The first-order chi connectivity index (χ1) is 2.89. The van der Waals surface area contributed by atoms with E-state index in [0.29, 0.717) is 5.57 Å². The Labute approximate surface area is 67.9 Å². The molecule has 0 spiro atoms. The first kappa shape index (κ1) is 7.60. The molecule has 0 saturated heterocycles. The molecular weight excluding hydrogens is 188 g/mol. The van der Waals surface area contributed by atoms with Gasteiger partial charge in [-0.25, -0.2) is 5.10 Å². The predicted octanol–water partition coefficient (Wildman–Crippen LogP) is -1.67. The molecule has 1 heterocycles. The Balaban J connectivity index is 0.000000360. The van der Waals surface area contributed by atoms with Crippen molar-refractivity contribution >= 4 is 14.8 Å². The average Bonchev–Trinajstić information content (AvgIpc) is 1.86. The van der Waals surface area contributed by atoms with Crippen molar-refractivity contribution in [2.45, 2.75) is 0 Å². The first-order valence-electron chi connectivity index (χ1n) is 1.34. The largest absolute Gasteiger partial charge is 0.331 e. The van der Waals surface area contributed by atoms with E-state index in [1.165, 1.54) is 0 Å². The average molecular weight is 190 g/mol. The Kier molecular flexibility index (Phi) is 3.90. The summed E-state index contributed by atoms with van der Waals surface area (Å²) >= 11 is 0. The third kappa shape index (κ3) is 2.42. The minimum atomic E-state index is 0. The van der Waals surface area contributed by atoms with Gasteiger partial charge in [0.1, 0.15) is 0 Å². The molecule has 0 aliphatic heterocycles. The molecule has 7 heavy (non-hydrogen) atoms. The fourth-order valence-corrected chi connectivity index (χ4v) is 0.255. The molecule has 0 aliphatic rings. The van der Waals surface area contributed by atoms with Crippen molar-refractivity contribution in [1.82, 2.24) is 20.6 Å². The summed E-state index contributed by atoms with van der Waals surface area (Å²) in [6.07, 6.45) is 0. The summed E-state index contributed by atoms with van der Waals surface area (Å²) in [7, 11) is 2.27. The van der Waals surface area contributed by atoms with Gasteiger partial charge in [0.05, 0.1) is 5.57 Å². The molecule has 0 bridgehead atoms. The van der Waals surface area contributed by atoms with Gasteiger partial charge in [-0.1, -0.05) is 9.24 Å². The predicted molar refractivity (Wildman–Crippen MR) is 22.5 cm³/mol. The van der Waals surface area contributed by atoms with Gasteiger partial charge in [-0.2, -0.15) is 0 Å². The van der Waals surface area contributed by atoms with Gasteiger partial charge >= 0.3 is 0 Å². The summed E-state index contributed by atoms with van der Waals surface area (Å²) in [5.41, 5.74) is 0.537. The second-order valence-corrected chi connectivity index (χ2v) is 1.25. The smallest absolute Gasteiger partial charge is 0.0599 e. The van der Waals surface area contributed by atoms with Crippen LogP contribution in [0.3, 0.4) is 0 Å². The van der Waals surface area contributed by atoms with Crippen LogP contribution in [-0.2, 0) is 32.7 Å². The molecule has 1 rings (SSSR count). The van der Waals surface area contributed by atoms with E-state index in [2.05, 4.69) is 29.9 Å². The van der Waals surface area contributed by atoms with Crippen LogP contribution in [0.5, 0.6) is 0 Å². The van der Waals surface area contributed by atoms with Crippen LogP contribution in [0.2, 0.25) is 0 Å². The van der Waals surface area contributed by atoms with Crippen molar-refractivity contribution in [3.8, 4) is 0 Å². The van der Waals surface area contributed by atoms with Gasteiger partial charge in [-0.3, -0.25) is 10.4 Å². The second-order valence-electron chi connectivity index (χ2n) is 0.737. The maximum Gasteiger partial charge on any atom is 0.0599 e. The summed E-state index contributed by atoms with van der Waals surface area (Å²) in [5.74, 6) is 0. The number of hydrogen-bond acceptors (Lipinski definition) is 3. The van der Waals surface area contributed by atoms with Gasteiger partial charge in [-0.15, -0.1) is 0 Å². The Hall–Kier alpha value is 0.604. The van der Waals surface area contributed by atoms with Crippen LogP contribution >= 0.6 is 9.24 Å². The molecule has 0 N–H and O–H groups in total. The summed E-state index contributed by atoms with van der Waals surface area (Å²) in [6, 6.07) is 0. The van der Waals surface area contributed by atoms with Crippen molar-refractivity contribution in [3.63, 3.8) is 0 Å². The van der Waals surface area contributed by atoms with Gasteiger partial charge in [0.15, 0.2) is 0 Å². The Bertz CT molecular complexity index is 115. The number of nitrogens with zero attached hydrogens (tertiary/aromatic N) is 4. The van der Waals surface area contributed by atoms with Crippen molar-refractivity contribution < 1.29 is 32.7 Å². The topological polar surface area (TPSA) is 52.8 Å². The van der Waals surface area contributed by atoms with Crippen LogP contribution in [0, 0.1) is 0 Å². The van der Waals surface area contributed by atoms with E-state index in [-0.39, 0.29) is 32.7 Å². The molecular formula is CH2N4PY-. The summed E-state index contributed by atoms with van der Waals surface area (Å²) < 4.78 is 0. The Morgan fingerprint density at radius 2 is 2.29 bits per heavy atom. The summed E-state index contributed by atoms with van der Waals surface area (Å²) in [6.45, 7) is 0. The minimum absolute atomic E-state index is 0. The maximum atomic E-state index is 3.41. The van der Waals surface area contributed by atoms with E-state index >= 15 is 0 Å². The van der Waals surface area contributed by atoms with Gasteiger partial charge in [0, 0.05) is 32.7 Å². The van der Waals surface area contributed by atoms with Gasteiger partial charge < -0.3 is 5.10 Å². The molecule has 1 aromatic heterocycles. The molecule has 0 aliphatic carbocycles. The van der Waals surface area contributed by atoms with Crippen LogP contribution in [0.25, 0.3) is 0 Å². The van der Waals surface area contributed by atoms with Crippen molar-refractivity contribution in [2.75, 3.05) is 0 Å². The van der Waals surface area contributed by atoms with Gasteiger partial charge in [0.25, 0.3) is 0 Å². The zero-order valence-electron chi connectivity index (χ0n) is 3.44. The molecule has 1 atom stereocenters. The molecule has 1 radical (unpaired) electrons. The van der Waals surface area contributed by atoms with E-state index < -0.39 is 0 Å². The number of aromatic nitrogens is 4. The summed E-state index contributed by atoms with van der Waals surface area (Å²) in [4.78, 5) is 0. The second kappa shape index (κ2) is 3.59. The molecule has 0 aromatic carbocycles. The Morgan fingerprint density at radius 1 is 1.57 bits per heavy atom. The quantitative estimate of drug-likeness (QED) is 0.459. The molecule has 0 fully saturated rings. The van der Waals surface area contributed by atoms with E-state index in [1.807, 2.05) is 0 Å². The van der Waals surface area contributed by atoms with Crippen LogP contribution in [0.15, 0.2) is 0 Å². The fraction of sp³-hybridized carbons (Fsp3) is 0. The third-order valence-electron chi connectivity index (χ3n) is 0.334. The molecule has 0 saturated carbocycles. The van der Waals surface area contributed by atoms with Crippen molar-refractivity contribution in [2.24, 2.45) is 0 Å². The molecule has 1 aromatic rings. The molecule has 35 valence electrons. The number of tetrazole rings is 1. The minimum Gasteiger partial charge on any atom is -0.331 e. The van der Waals surface area contributed by atoms with Gasteiger partial charge in [-0.05, 0) is 0 Å². The van der Waals surface area contributed by atoms with E-state index in [1.54, 1.807) is 0 Å². The third-order valence-corrected chi connectivity index (χ3v) is 0.565. The monoisotopic (exact) mass is 190 g/mol. The molecule has 1 unspecified atom stereocenters. The van der Waals surface area contributed by atoms with E-state index in [4.69, 9.17) is 0 Å². The van der Waals surface area contributed by atoms with E-state index in [0.717, 1.165) is 0 Å².